The first kappa shape index (κ1) is 11.7. The van der Waals surface area contributed by atoms with E-state index >= 15 is 0 Å². The summed E-state index contributed by atoms with van der Waals surface area (Å²) >= 11 is 5.97. The fraction of sp³-hybridized carbons (Fsp3) is 0.273. The van der Waals surface area contributed by atoms with Crippen molar-refractivity contribution in [2.24, 2.45) is 7.05 Å². The number of ketones is 1. The SMILES string of the molecule is Cc1c(Cl)cccc1C(=O)Cc1nnn(C)n1. The first-order valence-corrected chi connectivity index (χ1v) is 5.47. The number of carbonyl (C=O) groups is 1. The first-order chi connectivity index (χ1) is 8.08. The van der Waals surface area contributed by atoms with E-state index in [0.29, 0.717) is 16.4 Å². The van der Waals surface area contributed by atoms with Crippen molar-refractivity contribution in [3.8, 4) is 0 Å². The molecule has 2 aromatic rings. The molecule has 88 valence electrons. The first-order valence-electron chi connectivity index (χ1n) is 5.09. The van der Waals surface area contributed by atoms with Gasteiger partial charge in [0.15, 0.2) is 11.6 Å². The summed E-state index contributed by atoms with van der Waals surface area (Å²) in [7, 11) is 1.66. The van der Waals surface area contributed by atoms with Gasteiger partial charge in [-0.1, -0.05) is 23.7 Å². The van der Waals surface area contributed by atoms with E-state index in [-0.39, 0.29) is 12.2 Å². The Kier molecular flexibility index (Phi) is 3.19. The molecule has 0 spiro atoms. The predicted octanol–water partition coefficient (Wildman–Crippen LogP) is 1.60. The number of tetrazole rings is 1. The molecule has 0 amide bonds. The molecule has 0 fully saturated rings. The molecule has 0 aliphatic rings. The lowest BCUT2D eigenvalue weighted by Crippen LogP contribution is -2.07. The Morgan fingerprint density at radius 3 is 2.88 bits per heavy atom. The summed E-state index contributed by atoms with van der Waals surface area (Å²) in [4.78, 5) is 13.3. The van der Waals surface area contributed by atoms with E-state index in [2.05, 4.69) is 15.4 Å². The van der Waals surface area contributed by atoms with Crippen molar-refractivity contribution >= 4 is 17.4 Å². The van der Waals surface area contributed by atoms with Crippen LogP contribution in [0.5, 0.6) is 0 Å². The monoisotopic (exact) mass is 250 g/mol. The molecule has 0 unspecified atom stereocenters. The van der Waals surface area contributed by atoms with Crippen molar-refractivity contribution in [1.82, 2.24) is 20.2 Å². The predicted molar refractivity (Wildman–Crippen MR) is 63.0 cm³/mol. The number of nitrogens with zero attached hydrogens (tertiary/aromatic N) is 4. The number of hydrogen-bond donors (Lipinski definition) is 0. The normalized spacial score (nSPS) is 10.5. The van der Waals surface area contributed by atoms with E-state index < -0.39 is 0 Å². The molecule has 0 atom stereocenters. The van der Waals surface area contributed by atoms with E-state index in [0.717, 1.165) is 5.56 Å². The number of carbonyl (C=O) groups excluding carboxylic acids is 1. The molecule has 0 N–H and O–H groups in total. The number of hydrogen-bond acceptors (Lipinski definition) is 4. The van der Waals surface area contributed by atoms with Crippen LogP contribution in [-0.4, -0.2) is 26.0 Å². The fourth-order valence-corrected chi connectivity index (χ4v) is 1.72. The van der Waals surface area contributed by atoms with Gasteiger partial charge in [0, 0.05) is 10.6 Å². The van der Waals surface area contributed by atoms with Gasteiger partial charge in [0.05, 0.1) is 13.5 Å². The van der Waals surface area contributed by atoms with Gasteiger partial charge in [0.2, 0.25) is 0 Å². The molecule has 1 aromatic heterocycles. The van der Waals surface area contributed by atoms with E-state index in [1.54, 1.807) is 25.2 Å². The van der Waals surface area contributed by atoms with E-state index in [9.17, 15) is 4.79 Å². The van der Waals surface area contributed by atoms with Crippen LogP contribution < -0.4 is 0 Å². The quantitative estimate of drug-likeness (QED) is 0.777. The molecule has 17 heavy (non-hydrogen) atoms. The maximum Gasteiger partial charge on any atom is 0.182 e. The zero-order valence-electron chi connectivity index (χ0n) is 9.51. The molecule has 0 bridgehead atoms. The molecule has 0 saturated heterocycles. The lowest BCUT2D eigenvalue weighted by Gasteiger charge is -2.04. The zero-order chi connectivity index (χ0) is 12.4. The second kappa shape index (κ2) is 4.63. The third-order valence-electron chi connectivity index (χ3n) is 2.44. The molecule has 0 aliphatic carbocycles. The van der Waals surface area contributed by atoms with Crippen LogP contribution in [-0.2, 0) is 13.5 Å². The Morgan fingerprint density at radius 1 is 1.47 bits per heavy atom. The summed E-state index contributed by atoms with van der Waals surface area (Å²) in [6.45, 7) is 1.82. The van der Waals surface area contributed by atoms with Crippen LogP contribution in [0.3, 0.4) is 0 Å². The summed E-state index contributed by atoms with van der Waals surface area (Å²) in [5.74, 6) is 0.356. The van der Waals surface area contributed by atoms with Crippen molar-refractivity contribution in [1.29, 1.82) is 0 Å². The van der Waals surface area contributed by atoms with Gasteiger partial charge in [-0.2, -0.15) is 4.80 Å². The molecule has 1 heterocycles. The van der Waals surface area contributed by atoms with Gasteiger partial charge in [-0.25, -0.2) is 0 Å². The van der Waals surface area contributed by atoms with Crippen LogP contribution in [0.4, 0.5) is 0 Å². The summed E-state index contributed by atoms with van der Waals surface area (Å²) < 4.78 is 0. The number of halogens is 1. The average molecular weight is 251 g/mol. The molecule has 0 aliphatic heterocycles. The van der Waals surface area contributed by atoms with E-state index in [1.165, 1.54) is 4.80 Å². The minimum absolute atomic E-state index is 0.0574. The van der Waals surface area contributed by atoms with Crippen molar-refractivity contribution in [2.75, 3.05) is 0 Å². The zero-order valence-corrected chi connectivity index (χ0v) is 10.3. The third-order valence-corrected chi connectivity index (χ3v) is 2.85. The molecular weight excluding hydrogens is 240 g/mol. The Bertz CT molecular complexity index is 564. The second-order valence-electron chi connectivity index (χ2n) is 3.71. The Morgan fingerprint density at radius 2 is 2.24 bits per heavy atom. The highest BCUT2D eigenvalue weighted by Crippen LogP contribution is 2.19. The topological polar surface area (TPSA) is 60.7 Å². The largest absolute Gasteiger partial charge is 0.294 e. The standard InChI is InChI=1S/C11H11ClN4O/c1-7-8(4-3-5-9(7)12)10(17)6-11-13-15-16(2)14-11/h3-5H,6H2,1-2H3. The Labute approximate surface area is 103 Å². The van der Waals surface area contributed by atoms with Gasteiger partial charge in [-0.3, -0.25) is 4.79 Å². The average Bonchev–Trinajstić information content (AvgIpc) is 2.68. The van der Waals surface area contributed by atoms with Crippen LogP contribution in [0.1, 0.15) is 21.7 Å². The van der Waals surface area contributed by atoms with Crippen LogP contribution in [0.15, 0.2) is 18.2 Å². The van der Waals surface area contributed by atoms with Crippen molar-refractivity contribution < 1.29 is 4.79 Å². The maximum absolute atomic E-state index is 12.0. The minimum Gasteiger partial charge on any atom is -0.294 e. The van der Waals surface area contributed by atoms with Crippen molar-refractivity contribution in [3.05, 3.63) is 40.2 Å². The lowest BCUT2D eigenvalue weighted by atomic mass is 10.0. The minimum atomic E-state index is -0.0574. The summed E-state index contributed by atoms with van der Waals surface area (Å²) in [5.41, 5.74) is 1.38. The molecule has 6 heteroatoms. The van der Waals surface area contributed by atoms with Crippen molar-refractivity contribution in [2.45, 2.75) is 13.3 Å². The molecular formula is C11H11ClN4O. The molecule has 0 radical (unpaired) electrons. The smallest absolute Gasteiger partial charge is 0.182 e. The fourth-order valence-electron chi connectivity index (χ4n) is 1.54. The van der Waals surface area contributed by atoms with E-state index in [4.69, 9.17) is 11.6 Å². The number of aromatic nitrogens is 4. The summed E-state index contributed by atoms with van der Waals surface area (Å²) in [5, 5.41) is 12.0. The number of aryl methyl sites for hydroxylation is 1. The van der Waals surface area contributed by atoms with Gasteiger partial charge < -0.3 is 0 Å². The van der Waals surface area contributed by atoms with Gasteiger partial charge in [-0.05, 0) is 23.8 Å². The second-order valence-corrected chi connectivity index (χ2v) is 4.11. The number of Topliss-reactive ketones (excluding diaryl/α,β-unsaturated/α-hetero) is 1. The highest BCUT2D eigenvalue weighted by atomic mass is 35.5. The Balaban J connectivity index is 2.23. The summed E-state index contributed by atoms with van der Waals surface area (Å²) in [6.07, 6.45) is 0.134. The third kappa shape index (κ3) is 2.50. The Hall–Kier alpha value is -1.75. The number of benzene rings is 1. The van der Waals surface area contributed by atoms with Gasteiger partial charge in [0.1, 0.15) is 0 Å². The molecule has 2 rings (SSSR count). The van der Waals surface area contributed by atoms with Crippen LogP contribution in [0.25, 0.3) is 0 Å². The highest BCUT2D eigenvalue weighted by molar-refractivity contribution is 6.31. The number of rotatable bonds is 3. The van der Waals surface area contributed by atoms with Gasteiger partial charge in [0.25, 0.3) is 0 Å². The van der Waals surface area contributed by atoms with Crippen molar-refractivity contribution in [3.63, 3.8) is 0 Å². The van der Waals surface area contributed by atoms with Crippen LogP contribution in [0.2, 0.25) is 5.02 Å². The molecule has 0 saturated carbocycles. The van der Waals surface area contributed by atoms with E-state index in [1.807, 2.05) is 6.92 Å². The van der Waals surface area contributed by atoms with Crippen LogP contribution in [0, 0.1) is 6.92 Å². The highest BCUT2D eigenvalue weighted by Gasteiger charge is 2.14. The van der Waals surface area contributed by atoms with Crippen LogP contribution >= 0.6 is 11.6 Å². The molecule has 1 aromatic carbocycles. The molecule has 5 nitrogen and oxygen atoms in total. The maximum atomic E-state index is 12.0. The summed E-state index contributed by atoms with van der Waals surface area (Å²) in [6, 6.07) is 5.26. The lowest BCUT2D eigenvalue weighted by molar-refractivity contribution is 0.0990. The van der Waals surface area contributed by atoms with Gasteiger partial charge in [-0.15, -0.1) is 10.2 Å². The van der Waals surface area contributed by atoms with Gasteiger partial charge >= 0.3 is 0 Å².